The largest absolute Gasteiger partial charge is 0.468 e. The van der Waals surface area contributed by atoms with Crippen LogP contribution in [0.25, 0.3) is 0 Å². The highest BCUT2D eigenvalue weighted by Crippen LogP contribution is 2.29. The summed E-state index contributed by atoms with van der Waals surface area (Å²) in [5, 5.41) is -0.268. The Morgan fingerprint density at radius 1 is 1.29 bits per heavy atom. The van der Waals surface area contributed by atoms with E-state index >= 15 is 0 Å². The number of hydrogen-bond acceptors (Lipinski definition) is 6. The van der Waals surface area contributed by atoms with E-state index in [4.69, 9.17) is 4.74 Å². The number of esters is 1. The van der Waals surface area contributed by atoms with Crippen LogP contribution in [0.3, 0.4) is 0 Å². The van der Waals surface area contributed by atoms with Gasteiger partial charge in [-0.05, 0) is 24.2 Å². The molecule has 7 heteroatoms. The molecule has 0 bridgehead atoms. The number of ether oxygens (including phenoxy) is 1. The molecule has 0 radical (unpaired) electrons. The zero-order chi connectivity index (χ0) is 18.8. The van der Waals surface area contributed by atoms with Crippen LogP contribution in [-0.2, 0) is 19.1 Å². The Balaban J connectivity index is 5.87. The third kappa shape index (κ3) is 8.40. The van der Waals surface area contributed by atoms with Gasteiger partial charge in [-0.15, -0.1) is 11.5 Å². The summed E-state index contributed by atoms with van der Waals surface area (Å²) in [6, 6.07) is 0. The lowest BCUT2D eigenvalue weighted by atomic mass is 9.82. The zero-order valence-corrected chi connectivity index (χ0v) is 18.0. The minimum absolute atomic E-state index is 0.268. The Kier molecular flexibility index (Phi) is 11.4. The van der Waals surface area contributed by atoms with Crippen molar-refractivity contribution in [1.29, 1.82) is 0 Å². The van der Waals surface area contributed by atoms with Crippen molar-refractivity contribution >= 4 is 49.0 Å². The van der Waals surface area contributed by atoms with Gasteiger partial charge in [-0.3, -0.25) is 9.59 Å². The SMILES string of the molecule is CCSC(=O)C(C(=O)OC)[C@@H](C#C[Si](C)(C)C)[C@H](C=O)CCSC. The van der Waals surface area contributed by atoms with E-state index < -0.39 is 31.8 Å². The summed E-state index contributed by atoms with van der Waals surface area (Å²) in [6.45, 7) is 8.12. The normalized spacial score (nSPS) is 14.8. The zero-order valence-electron chi connectivity index (χ0n) is 15.4. The molecule has 0 aliphatic carbocycles. The minimum atomic E-state index is -1.71. The Morgan fingerprint density at radius 3 is 2.33 bits per heavy atom. The molecular weight excluding hydrogens is 360 g/mol. The van der Waals surface area contributed by atoms with Gasteiger partial charge in [0, 0.05) is 5.92 Å². The smallest absolute Gasteiger partial charge is 0.318 e. The van der Waals surface area contributed by atoms with Crippen molar-refractivity contribution in [2.24, 2.45) is 17.8 Å². The Bertz CT molecular complexity index is 491. The van der Waals surface area contributed by atoms with E-state index in [1.165, 1.54) is 7.11 Å². The number of hydrogen-bond donors (Lipinski definition) is 0. The molecule has 0 heterocycles. The fraction of sp³-hybridized carbons (Fsp3) is 0.706. The second-order valence-corrected chi connectivity index (χ2v) is 13.4. The van der Waals surface area contributed by atoms with Gasteiger partial charge in [0.1, 0.15) is 20.3 Å². The quantitative estimate of drug-likeness (QED) is 0.199. The molecule has 0 fully saturated rings. The lowest BCUT2D eigenvalue weighted by molar-refractivity contribution is -0.149. The lowest BCUT2D eigenvalue weighted by Crippen LogP contribution is -2.36. The maximum absolute atomic E-state index is 12.5. The van der Waals surface area contributed by atoms with E-state index in [2.05, 4.69) is 31.1 Å². The predicted octanol–water partition coefficient (Wildman–Crippen LogP) is 3.12. The van der Waals surface area contributed by atoms with Crippen LogP contribution < -0.4 is 0 Å². The molecular formula is C17H28O4S2Si. The fourth-order valence-corrected chi connectivity index (χ4v) is 3.89. The van der Waals surface area contributed by atoms with Crippen LogP contribution in [0.15, 0.2) is 0 Å². The van der Waals surface area contributed by atoms with Gasteiger partial charge >= 0.3 is 5.97 Å². The highest BCUT2D eigenvalue weighted by atomic mass is 32.2. The Hall–Kier alpha value is -0.713. The van der Waals surface area contributed by atoms with Gasteiger partial charge in [0.05, 0.1) is 13.0 Å². The minimum Gasteiger partial charge on any atom is -0.468 e. The molecule has 0 rings (SSSR count). The van der Waals surface area contributed by atoms with Gasteiger partial charge in [-0.25, -0.2) is 0 Å². The van der Waals surface area contributed by atoms with Crippen molar-refractivity contribution in [1.82, 2.24) is 0 Å². The molecule has 24 heavy (non-hydrogen) atoms. The van der Waals surface area contributed by atoms with E-state index in [0.29, 0.717) is 12.2 Å². The molecule has 136 valence electrons. The van der Waals surface area contributed by atoms with Gasteiger partial charge in [0.15, 0.2) is 0 Å². The summed E-state index contributed by atoms with van der Waals surface area (Å²) >= 11 is 2.71. The van der Waals surface area contributed by atoms with E-state index in [0.717, 1.165) is 23.8 Å². The summed E-state index contributed by atoms with van der Waals surface area (Å²) in [6.07, 6.45) is 3.38. The lowest BCUT2D eigenvalue weighted by Gasteiger charge is -2.24. The van der Waals surface area contributed by atoms with Gasteiger partial charge in [-0.1, -0.05) is 38.3 Å². The van der Waals surface area contributed by atoms with Crippen molar-refractivity contribution in [3.63, 3.8) is 0 Å². The highest BCUT2D eigenvalue weighted by Gasteiger charge is 2.39. The van der Waals surface area contributed by atoms with Crippen molar-refractivity contribution < 1.29 is 19.1 Å². The van der Waals surface area contributed by atoms with E-state index in [-0.39, 0.29) is 5.12 Å². The Morgan fingerprint density at radius 2 is 1.92 bits per heavy atom. The molecule has 0 saturated carbocycles. The molecule has 0 saturated heterocycles. The van der Waals surface area contributed by atoms with Crippen LogP contribution in [0.5, 0.6) is 0 Å². The highest BCUT2D eigenvalue weighted by molar-refractivity contribution is 8.13. The number of aldehydes is 1. The molecule has 0 N–H and O–H groups in total. The summed E-state index contributed by atoms with van der Waals surface area (Å²) in [7, 11) is -0.443. The number of thioether (sulfide) groups is 2. The maximum Gasteiger partial charge on any atom is 0.318 e. The third-order valence-corrected chi connectivity index (χ3v) is 5.63. The first-order valence-corrected chi connectivity index (χ1v) is 13.8. The van der Waals surface area contributed by atoms with Gasteiger partial charge in [0.25, 0.3) is 0 Å². The van der Waals surface area contributed by atoms with Crippen molar-refractivity contribution in [2.75, 3.05) is 24.9 Å². The van der Waals surface area contributed by atoms with Gasteiger partial charge in [0.2, 0.25) is 5.12 Å². The van der Waals surface area contributed by atoms with Gasteiger partial charge < -0.3 is 9.53 Å². The molecule has 4 nitrogen and oxygen atoms in total. The van der Waals surface area contributed by atoms with Crippen molar-refractivity contribution in [3.05, 3.63) is 0 Å². The van der Waals surface area contributed by atoms with Crippen LogP contribution in [-0.4, -0.2) is 50.3 Å². The van der Waals surface area contributed by atoms with Crippen LogP contribution in [0.4, 0.5) is 0 Å². The number of carbonyl (C=O) groups is 3. The molecule has 0 aliphatic heterocycles. The summed E-state index contributed by atoms with van der Waals surface area (Å²) in [5.41, 5.74) is 3.22. The monoisotopic (exact) mass is 388 g/mol. The molecule has 0 aromatic heterocycles. The molecule has 3 atom stereocenters. The first-order chi connectivity index (χ1) is 11.2. The van der Waals surface area contributed by atoms with Gasteiger partial charge in [-0.2, -0.15) is 11.8 Å². The predicted molar refractivity (Wildman–Crippen MR) is 106 cm³/mol. The van der Waals surface area contributed by atoms with Crippen molar-refractivity contribution in [2.45, 2.75) is 33.0 Å². The van der Waals surface area contributed by atoms with E-state index in [9.17, 15) is 14.4 Å². The molecule has 0 amide bonds. The van der Waals surface area contributed by atoms with Crippen LogP contribution >= 0.6 is 23.5 Å². The summed E-state index contributed by atoms with van der Waals surface area (Å²) in [4.78, 5) is 36.4. The fourth-order valence-electron chi connectivity index (χ4n) is 2.07. The average molecular weight is 389 g/mol. The molecule has 0 aromatic rings. The van der Waals surface area contributed by atoms with E-state index in [1.807, 2.05) is 13.2 Å². The second-order valence-electron chi connectivity index (χ2n) is 6.38. The summed E-state index contributed by atoms with van der Waals surface area (Å²) in [5.74, 6) is 1.76. The van der Waals surface area contributed by atoms with Crippen LogP contribution in [0.1, 0.15) is 13.3 Å². The first kappa shape index (κ1) is 23.3. The molecule has 0 aliphatic rings. The topological polar surface area (TPSA) is 60.4 Å². The molecule has 1 unspecified atom stereocenters. The standard InChI is InChI=1S/C17H28O4S2Si/c1-7-23-17(20)15(16(19)21-2)14(9-11-24(4,5)6)13(12-18)8-10-22-3/h12-15H,7-8,10H2,1-6H3/t13-,14-,15?/m0/s1. The third-order valence-electron chi connectivity index (χ3n) is 3.26. The van der Waals surface area contributed by atoms with Crippen molar-refractivity contribution in [3.8, 4) is 11.5 Å². The first-order valence-electron chi connectivity index (χ1n) is 7.93. The Labute approximate surface area is 155 Å². The summed E-state index contributed by atoms with van der Waals surface area (Å²) < 4.78 is 4.84. The number of methoxy groups -OCH3 is 1. The number of rotatable bonds is 9. The average Bonchev–Trinajstić information content (AvgIpc) is 2.51. The van der Waals surface area contributed by atoms with Crippen LogP contribution in [0, 0.1) is 29.2 Å². The molecule has 0 spiro atoms. The van der Waals surface area contributed by atoms with E-state index in [1.54, 1.807) is 11.8 Å². The maximum atomic E-state index is 12.5. The second kappa shape index (κ2) is 11.8. The molecule has 0 aromatic carbocycles. The number of carbonyl (C=O) groups excluding carboxylic acids is 3. The van der Waals surface area contributed by atoms with Crippen LogP contribution in [0.2, 0.25) is 19.6 Å².